The van der Waals surface area contributed by atoms with E-state index < -0.39 is 5.91 Å². The first-order valence-corrected chi connectivity index (χ1v) is 10.9. The van der Waals surface area contributed by atoms with Gasteiger partial charge in [-0.3, -0.25) is 9.59 Å². The molecule has 2 amide bonds. The molecule has 33 heavy (non-hydrogen) atoms. The van der Waals surface area contributed by atoms with Gasteiger partial charge in [-0.25, -0.2) is 4.90 Å². The summed E-state index contributed by atoms with van der Waals surface area (Å²) in [4.78, 5) is 28.8. The summed E-state index contributed by atoms with van der Waals surface area (Å²) in [5, 5.41) is 3.29. The standard InChI is InChI=1S/C28H28N2O3/c1-16-7-9-19(4)22(13-16)29-26-25(21-11-10-18(3)20(5)15-21)27(31)30(28(26)32)23-14-17(2)8-12-24(23)33-6/h7-15,29H,1-6H3. The molecule has 5 nitrogen and oxygen atoms in total. The van der Waals surface area contributed by atoms with Gasteiger partial charge in [0, 0.05) is 5.69 Å². The highest BCUT2D eigenvalue weighted by Crippen LogP contribution is 2.39. The Morgan fingerprint density at radius 3 is 2.09 bits per heavy atom. The van der Waals surface area contributed by atoms with Gasteiger partial charge < -0.3 is 10.1 Å². The SMILES string of the molecule is COc1ccc(C)cc1N1C(=O)C(Nc2cc(C)ccc2C)=C(c2ccc(C)c(C)c2)C1=O. The number of aryl methyl sites for hydroxylation is 5. The topological polar surface area (TPSA) is 58.6 Å². The Morgan fingerprint density at radius 2 is 1.39 bits per heavy atom. The van der Waals surface area contributed by atoms with Gasteiger partial charge in [0.25, 0.3) is 11.8 Å². The molecule has 3 aromatic rings. The van der Waals surface area contributed by atoms with Gasteiger partial charge in [0.15, 0.2) is 0 Å². The summed E-state index contributed by atoms with van der Waals surface area (Å²) in [6, 6.07) is 17.3. The zero-order valence-corrected chi connectivity index (χ0v) is 19.9. The van der Waals surface area contributed by atoms with Crippen molar-refractivity contribution in [1.82, 2.24) is 0 Å². The molecule has 0 saturated heterocycles. The number of methoxy groups -OCH3 is 1. The van der Waals surface area contributed by atoms with E-state index in [-0.39, 0.29) is 11.6 Å². The fraction of sp³-hybridized carbons (Fsp3) is 0.214. The van der Waals surface area contributed by atoms with Crippen LogP contribution in [-0.4, -0.2) is 18.9 Å². The number of hydrogen-bond acceptors (Lipinski definition) is 4. The minimum Gasteiger partial charge on any atom is -0.495 e. The van der Waals surface area contributed by atoms with E-state index >= 15 is 0 Å². The van der Waals surface area contributed by atoms with Gasteiger partial charge in [-0.15, -0.1) is 0 Å². The second-order valence-electron chi connectivity index (χ2n) is 8.61. The summed E-state index contributed by atoms with van der Waals surface area (Å²) in [6.07, 6.45) is 0. The van der Waals surface area contributed by atoms with Gasteiger partial charge in [-0.05, 0) is 86.2 Å². The molecule has 0 radical (unpaired) electrons. The number of rotatable bonds is 5. The predicted molar refractivity (Wildman–Crippen MR) is 133 cm³/mol. The summed E-state index contributed by atoms with van der Waals surface area (Å²) in [5.74, 6) is -0.312. The molecule has 1 aliphatic heterocycles. The number of nitrogens with zero attached hydrogens (tertiary/aromatic N) is 1. The van der Waals surface area contributed by atoms with Crippen molar-refractivity contribution in [3.63, 3.8) is 0 Å². The third kappa shape index (κ3) is 4.02. The number of amides is 2. The van der Waals surface area contributed by atoms with Crippen molar-refractivity contribution in [3.8, 4) is 5.75 Å². The molecule has 0 aliphatic carbocycles. The third-order valence-corrected chi connectivity index (χ3v) is 6.11. The van der Waals surface area contributed by atoms with E-state index in [2.05, 4.69) is 5.32 Å². The van der Waals surface area contributed by atoms with Crippen molar-refractivity contribution in [2.75, 3.05) is 17.3 Å². The normalized spacial score (nSPS) is 13.7. The zero-order chi connectivity index (χ0) is 23.9. The summed E-state index contributed by atoms with van der Waals surface area (Å²) in [5.41, 5.74) is 7.71. The number of carbonyl (C=O) groups excluding carboxylic acids is 2. The average molecular weight is 441 g/mol. The Morgan fingerprint density at radius 1 is 0.727 bits per heavy atom. The molecule has 1 aliphatic rings. The Kier molecular flexibility index (Phi) is 5.81. The molecule has 0 spiro atoms. The molecule has 0 bridgehead atoms. The summed E-state index contributed by atoms with van der Waals surface area (Å²) < 4.78 is 5.49. The van der Waals surface area contributed by atoms with Gasteiger partial charge in [0.2, 0.25) is 0 Å². The molecular formula is C28H28N2O3. The fourth-order valence-corrected chi connectivity index (χ4v) is 4.01. The van der Waals surface area contributed by atoms with Crippen molar-refractivity contribution < 1.29 is 14.3 Å². The predicted octanol–water partition coefficient (Wildman–Crippen LogP) is 5.63. The van der Waals surface area contributed by atoms with E-state index in [0.717, 1.165) is 33.5 Å². The molecule has 0 unspecified atom stereocenters. The number of anilines is 2. The highest BCUT2D eigenvalue weighted by Gasteiger charge is 2.41. The van der Waals surface area contributed by atoms with E-state index in [1.54, 1.807) is 12.1 Å². The van der Waals surface area contributed by atoms with Crippen LogP contribution in [0.2, 0.25) is 0 Å². The number of ether oxygens (including phenoxy) is 1. The highest BCUT2D eigenvalue weighted by atomic mass is 16.5. The Labute approximate surface area is 194 Å². The first-order chi connectivity index (χ1) is 15.7. The van der Waals surface area contributed by atoms with Crippen LogP contribution in [0.25, 0.3) is 5.57 Å². The molecular weight excluding hydrogens is 412 g/mol. The number of carbonyl (C=O) groups is 2. The van der Waals surface area contributed by atoms with E-state index in [9.17, 15) is 9.59 Å². The van der Waals surface area contributed by atoms with Gasteiger partial charge in [0.1, 0.15) is 11.4 Å². The third-order valence-electron chi connectivity index (χ3n) is 6.11. The first-order valence-electron chi connectivity index (χ1n) is 10.9. The number of imide groups is 1. The molecule has 0 saturated carbocycles. The van der Waals surface area contributed by atoms with Crippen LogP contribution in [0, 0.1) is 34.6 Å². The van der Waals surface area contributed by atoms with Gasteiger partial charge in [-0.2, -0.15) is 0 Å². The molecule has 5 heteroatoms. The van der Waals surface area contributed by atoms with Crippen LogP contribution in [0.5, 0.6) is 5.75 Å². The Balaban J connectivity index is 1.91. The lowest BCUT2D eigenvalue weighted by molar-refractivity contribution is -0.120. The second kappa shape index (κ2) is 8.58. The maximum absolute atomic E-state index is 13.8. The van der Waals surface area contributed by atoms with Crippen molar-refractivity contribution in [2.24, 2.45) is 0 Å². The van der Waals surface area contributed by atoms with E-state index in [0.29, 0.717) is 22.6 Å². The quantitative estimate of drug-likeness (QED) is 0.522. The maximum atomic E-state index is 13.8. The Hall–Kier alpha value is -3.86. The second-order valence-corrected chi connectivity index (χ2v) is 8.61. The lowest BCUT2D eigenvalue weighted by atomic mass is 9.99. The number of benzene rings is 3. The van der Waals surface area contributed by atoms with Crippen molar-refractivity contribution >= 4 is 28.8 Å². The lowest BCUT2D eigenvalue weighted by Crippen LogP contribution is -2.32. The molecule has 0 fully saturated rings. The van der Waals surface area contributed by atoms with Crippen LogP contribution < -0.4 is 15.0 Å². The van der Waals surface area contributed by atoms with Gasteiger partial charge >= 0.3 is 0 Å². The fourth-order valence-electron chi connectivity index (χ4n) is 4.01. The molecule has 1 heterocycles. The van der Waals surface area contributed by atoms with Crippen LogP contribution in [0.1, 0.15) is 33.4 Å². The molecule has 0 aromatic heterocycles. The van der Waals surface area contributed by atoms with Crippen LogP contribution >= 0.6 is 0 Å². The molecule has 4 rings (SSSR count). The maximum Gasteiger partial charge on any atom is 0.282 e. The number of nitrogens with one attached hydrogen (secondary N) is 1. The smallest absolute Gasteiger partial charge is 0.282 e. The van der Waals surface area contributed by atoms with E-state index in [1.165, 1.54) is 12.0 Å². The van der Waals surface area contributed by atoms with Crippen molar-refractivity contribution in [1.29, 1.82) is 0 Å². The largest absolute Gasteiger partial charge is 0.495 e. The van der Waals surface area contributed by atoms with Crippen LogP contribution in [-0.2, 0) is 9.59 Å². The highest BCUT2D eigenvalue weighted by molar-refractivity contribution is 6.46. The molecule has 0 atom stereocenters. The summed E-state index contributed by atoms with van der Waals surface area (Å²) >= 11 is 0. The van der Waals surface area contributed by atoms with Crippen LogP contribution in [0.4, 0.5) is 11.4 Å². The molecule has 3 aromatic carbocycles. The van der Waals surface area contributed by atoms with Crippen molar-refractivity contribution in [3.05, 3.63) is 93.7 Å². The summed E-state index contributed by atoms with van der Waals surface area (Å²) in [7, 11) is 1.53. The Bertz CT molecular complexity index is 1320. The van der Waals surface area contributed by atoms with Crippen molar-refractivity contribution in [2.45, 2.75) is 34.6 Å². The molecule has 1 N–H and O–H groups in total. The van der Waals surface area contributed by atoms with Gasteiger partial charge in [0.05, 0.1) is 18.4 Å². The monoisotopic (exact) mass is 440 g/mol. The first kappa shape index (κ1) is 22.3. The van der Waals surface area contributed by atoms with Crippen LogP contribution in [0.3, 0.4) is 0 Å². The number of hydrogen-bond donors (Lipinski definition) is 1. The van der Waals surface area contributed by atoms with E-state index in [4.69, 9.17) is 4.74 Å². The molecule has 168 valence electrons. The van der Waals surface area contributed by atoms with E-state index in [1.807, 2.05) is 77.1 Å². The van der Waals surface area contributed by atoms with Gasteiger partial charge in [-0.1, -0.05) is 36.4 Å². The van der Waals surface area contributed by atoms with Crippen LogP contribution in [0.15, 0.2) is 60.3 Å². The summed E-state index contributed by atoms with van der Waals surface area (Å²) in [6.45, 7) is 9.91. The average Bonchev–Trinajstić information content (AvgIpc) is 3.02. The zero-order valence-electron chi connectivity index (χ0n) is 19.9. The minimum absolute atomic E-state index is 0.264. The minimum atomic E-state index is -0.405. The lowest BCUT2D eigenvalue weighted by Gasteiger charge is -2.19.